The summed E-state index contributed by atoms with van der Waals surface area (Å²) in [5.41, 5.74) is 0.172. The van der Waals surface area contributed by atoms with Crippen LogP contribution in [0.5, 0.6) is 0 Å². The molecular weight excluding hydrogens is 386 g/mol. The molecule has 0 radical (unpaired) electrons. The Hall–Kier alpha value is -0.930. The van der Waals surface area contributed by atoms with Gasteiger partial charge in [-0.05, 0) is 110 Å². The van der Waals surface area contributed by atoms with E-state index in [1.165, 1.54) is 32.1 Å². The standard InChI is InChI=1S/C27H43NO3/c1-24(2)20-11-14-25(3)18-10-16-27(23(29)30)13-6-5-7-19(27)17(18)8-9-21(25)26(20,4)15-12-22(24)28-31/h17-22H,5-16H2,1-4H3,(H,29,30). The van der Waals surface area contributed by atoms with Gasteiger partial charge in [0.25, 0.3) is 0 Å². The molecule has 0 aliphatic heterocycles. The Morgan fingerprint density at radius 2 is 1.52 bits per heavy atom. The van der Waals surface area contributed by atoms with Gasteiger partial charge < -0.3 is 5.11 Å². The Labute approximate surface area is 188 Å². The fourth-order valence-corrected chi connectivity index (χ4v) is 10.9. The lowest BCUT2D eigenvalue weighted by atomic mass is 9.35. The van der Waals surface area contributed by atoms with Crippen molar-refractivity contribution >= 4 is 5.97 Å². The molecule has 9 atom stereocenters. The lowest BCUT2D eigenvalue weighted by molar-refractivity contribution is -0.209. The van der Waals surface area contributed by atoms with E-state index < -0.39 is 11.4 Å². The lowest BCUT2D eigenvalue weighted by Gasteiger charge is -2.69. The van der Waals surface area contributed by atoms with Crippen LogP contribution in [0.15, 0.2) is 5.18 Å². The van der Waals surface area contributed by atoms with Crippen LogP contribution in [-0.2, 0) is 4.79 Å². The van der Waals surface area contributed by atoms with Crippen LogP contribution in [-0.4, -0.2) is 17.1 Å². The fraction of sp³-hybridized carbons (Fsp3) is 0.963. The van der Waals surface area contributed by atoms with E-state index in [2.05, 4.69) is 32.9 Å². The van der Waals surface area contributed by atoms with E-state index in [0.717, 1.165) is 44.9 Å². The summed E-state index contributed by atoms with van der Waals surface area (Å²) in [6.07, 6.45) is 13.4. The Morgan fingerprint density at radius 1 is 0.774 bits per heavy atom. The molecule has 0 heterocycles. The van der Waals surface area contributed by atoms with Gasteiger partial charge in [0.1, 0.15) is 0 Å². The van der Waals surface area contributed by atoms with Crippen LogP contribution in [0.4, 0.5) is 0 Å². The molecular formula is C27H43NO3. The van der Waals surface area contributed by atoms with E-state index in [1.807, 2.05) is 0 Å². The van der Waals surface area contributed by atoms with Crippen LogP contribution in [0.3, 0.4) is 0 Å². The third-order valence-corrected chi connectivity index (χ3v) is 12.3. The number of hydrogen-bond donors (Lipinski definition) is 1. The summed E-state index contributed by atoms with van der Waals surface area (Å²) in [7, 11) is 0. The van der Waals surface area contributed by atoms with Gasteiger partial charge in [-0.2, -0.15) is 4.91 Å². The van der Waals surface area contributed by atoms with E-state index in [-0.39, 0.29) is 16.9 Å². The Morgan fingerprint density at radius 3 is 2.23 bits per heavy atom. The molecule has 4 heteroatoms. The topological polar surface area (TPSA) is 66.7 Å². The summed E-state index contributed by atoms with van der Waals surface area (Å²) in [6, 6.07) is -0.0422. The maximum absolute atomic E-state index is 12.5. The molecule has 0 aromatic carbocycles. The molecule has 0 spiro atoms. The van der Waals surface area contributed by atoms with Gasteiger partial charge in [-0.1, -0.05) is 45.7 Å². The second kappa shape index (κ2) is 7.03. The Bertz CT molecular complexity index is 764. The maximum atomic E-state index is 12.5. The minimum absolute atomic E-state index is 0.0126. The number of rotatable bonds is 2. The van der Waals surface area contributed by atoms with Crippen molar-refractivity contribution in [3.05, 3.63) is 4.91 Å². The van der Waals surface area contributed by atoms with Gasteiger partial charge in [0.05, 0.1) is 11.5 Å². The number of aliphatic carboxylic acids is 1. The summed E-state index contributed by atoms with van der Waals surface area (Å²) in [5, 5.41) is 13.9. The number of nitroso groups, excluding NO2 is 1. The van der Waals surface area contributed by atoms with Crippen molar-refractivity contribution in [2.75, 3.05) is 0 Å². The Balaban J connectivity index is 1.48. The lowest BCUT2D eigenvalue weighted by Crippen LogP contribution is -2.63. The third-order valence-electron chi connectivity index (χ3n) is 12.3. The van der Waals surface area contributed by atoms with E-state index in [1.54, 1.807) is 0 Å². The van der Waals surface area contributed by atoms with Crippen molar-refractivity contribution in [1.82, 2.24) is 0 Å². The molecule has 4 nitrogen and oxygen atoms in total. The van der Waals surface area contributed by atoms with Crippen LogP contribution in [0.2, 0.25) is 0 Å². The van der Waals surface area contributed by atoms with Crippen molar-refractivity contribution in [1.29, 1.82) is 0 Å². The van der Waals surface area contributed by atoms with Gasteiger partial charge in [0.15, 0.2) is 0 Å². The molecule has 0 bridgehead atoms. The number of carboxylic acid groups (broad SMARTS) is 1. The summed E-state index contributed by atoms with van der Waals surface area (Å²) in [5.74, 6) is 2.46. The zero-order valence-electron chi connectivity index (χ0n) is 20.2. The van der Waals surface area contributed by atoms with Crippen molar-refractivity contribution < 1.29 is 9.90 Å². The summed E-state index contributed by atoms with van der Waals surface area (Å²) < 4.78 is 0. The van der Waals surface area contributed by atoms with Gasteiger partial charge in [0.2, 0.25) is 0 Å². The van der Waals surface area contributed by atoms with Crippen LogP contribution >= 0.6 is 0 Å². The summed E-state index contributed by atoms with van der Waals surface area (Å²) in [6.45, 7) is 9.75. The quantitative estimate of drug-likeness (QED) is 0.478. The zero-order valence-corrected chi connectivity index (χ0v) is 20.2. The number of carboxylic acids is 1. The molecule has 5 saturated carbocycles. The molecule has 9 unspecified atom stereocenters. The van der Waals surface area contributed by atoms with Crippen molar-refractivity contribution in [3.8, 4) is 0 Å². The molecule has 0 aromatic heterocycles. The molecule has 0 saturated heterocycles. The first-order chi connectivity index (χ1) is 14.6. The first-order valence-electron chi connectivity index (χ1n) is 13.2. The molecule has 5 fully saturated rings. The van der Waals surface area contributed by atoms with Gasteiger partial charge in [-0.15, -0.1) is 0 Å². The molecule has 0 aromatic rings. The smallest absolute Gasteiger partial charge is 0.309 e. The average molecular weight is 430 g/mol. The number of carbonyl (C=O) groups is 1. The van der Waals surface area contributed by atoms with Crippen molar-refractivity contribution in [3.63, 3.8) is 0 Å². The van der Waals surface area contributed by atoms with Gasteiger partial charge in [0, 0.05) is 0 Å². The average Bonchev–Trinajstić information content (AvgIpc) is 2.72. The highest BCUT2D eigenvalue weighted by atomic mass is 16.4. The maximum Gasteiger partial charge on any atom is 0.309 e. The van der Waals surface area contributed by atoms with Crippen molar-refractivity contribution in [2.45, 2.75) is 111 Å². The minimum atomic E-state index is -0.500. The van der Waals surface area contributed by atoms with Gasteiger partial charge >= 0.3 is 5.97 Å². The highest BCUT2D eigenvalue weighted by Crippen LogP contribution is 2.72. The molecule has 0 amide bonds. The van der Waals surface area contributed by atoms with Crippen LogP contribution in [0, 0.1) is 56.2 Å². The second-order valence-corrected chi connectivity index (χ2v) is 13.3. The van der Waals surface area contributed by atoms with Crippen LogP contribution < -0.4 is 0 Å². The molecule has 1 N–H and O–H groups in total. The molecule has 174 valence electrons. The first kappa shape index (κ1) is 21.9. The summed E-state index contributed by atoms with van der Waals surface area (Å²) in [4.78, 5) is 24.1. The van der Waals surface area contributed by atoms with Crippen molar-refractivity contribution in [2.24, 2.45) is 56.4 Å². The van der Waals surface area contributed by atoms with Gasteiger partial charge in [-0.3, -0.25) is 4.79 Å². The number of fused-ring (bicyclic) bond motifs is 7. The van der Waals surface area contributed by atoms with E-state index >= 15 is 0 Å². The Kier molecular flexibility index (Phi) is 4.97. The third kappa shape index (κ3) is 2.75. The fourth-order valence-electron chi connectivity index (χ4n) is 10.9. The highest BCUT2D eigenvalue weighted by Gasteiger charge is 2.66. The summed E-state index contributed by atoms with van der Waals surface area (Å²) >= 11 is 0. The van der Waals surface area contributed by atoms with Crippen LogP contribution in [0.25, 0.3) is 0 Å². The highest BCUT2D eigenvalue weighted by molar-refractivity contribution is 5.75. The first-order valence-corrected chi connectivity index (χ1v) is 13.2. The van der Waals surface area contributed by atoms with E-state index in [4.69, 9.17) is 0 Å². The minimum Gasteiger partial charge on any atom is -0.481 e. The van der Waals surface area contributed by atoms with Gasteiger partial charge in [-0.25, -0.2) is 0 Å². The molecule has 5 rings (SSSR count). The van der Waals surface area contributed by atoms with Crippen LogP contribution in [0.1, 0.15) is 105 Å². The predicted octanol–water partition coefficient (Wildman–Crippen LogP) is 7.06. The molecule has 5 aliphatic carbocycles. The second-order valence-electron chi connectivity index (χ2n) is 13.3. The number of nitrogens with zero attached hydrogens (tertiary/aromatic N) is 1. The monoisotopic (exact) mass is 429 g/mol. The van der Waals surface area contributed by atoms with E-state index in [9.17, 15) is 14.8 Å². The predicted molar refractivity (Wildman–Crippen MR) is 123 cm³/mol. The zero-order chi connectivity index (χ0) is 22.2. The largest absolute Gasteiger partial charge is 0.481 e. The normalized spacial score (nSPS) is 53.3. The SMILES string of the molecule is CC1(C)C(N=O)CCC2(C)C1CCC1(C)C3CCC4(C(=O)O)CCCCC4C3CCC12. The number of hydrogen-bond acceptors (Lipinski definition) is 3. The molecule has 5 aliphatic rings. The van der Waals surface area contributed by atoms with E-state index in [0.29, 0.717) is 35.0 Å². The molecule has 31 heavy (non-hydrogen) atoms.